The van der Waals surface area contributed by atoms with E-state index in [1.54, 1.807) is 6.92 Å². The fraction of sp³-hybridized carbons (Fsp3) is 0.238. The van der Waals surface area contributed by atoms with Crippen LogP contribution in [-0.4, -0.2) is 10.9 Å². The highest BCUT2D eigenvalue weighted by atomic mass is 32.1. The first-order valence-electron chi connectivity index (χ1n) is 8.74. The summed E-state index contributed by atoms with van der Waals surface area (Å²) in [7, 11) is 0. The van der Waals surface area contributed by atoms with Crippen LogP contribution in [0.15, 0.2) is 47.8 Å². The molecule has 0 fully saturated rings. The van der Waals surface area contributed by atoms with Crippen LogP contribution in [0.25, 0.3) is 10.6 Å². The summed E-state index contributed by atoms with van der Waals surface area (Å²) >= 11 is 1.49. The van der Waals surface area contributed by atoms with Gasteiger partial charge in [0.1, 0.15) is 5.01 Å². The Balaban J connectivity index is 1.62. The molecule has 0 aliphatic carbocycles. The highest BCUT2D eigenvalue weighted by Crippen LogP contribution is 2.24. The maximum absolute atomic E-state index is 13.3. The average molecular weight is 386 g/mol. The number of benzene rings is 2. The zero-order valence-corrected chi connectivity index (χ0v) is 15.9. The molecule has 0 saturated carbocycles. The van der Waals surface area contributed by atoms with E-state index >= 15 is 0 Å². The highest BCUT2D eigenvalue weighted by molar-refractivity contribution is 7.13. The van der Waals surface area contributed by atoms with Gasteiger partial charge in [0.05, 0.1) is 18.2 Å². The first-order chi connectivity index (χ1) is 13.0. The number of hydrogen-bond acceptors (Lipinski definition) is 3. The first-order valence-corrected chi connectivity index (χ1v) is 9.62. The molecular formula is C21H20F2N2OS. The summed E-state index contributed by atoms with van der Waals surface area (Å²) in [6.07, 6.45) is 1.12. The standard InChI is InChI=1S/C21H20F2N2OS/c1-3-14-4-6-15(7-5-14)21-25-17(12-27-21)11-20(26)24-13(2)16-8-9-18(22)19(23)10-16/h4-10,12-13H,3,11H2,1-2H3,(H,24,26). The number of nitrogens with zero attached hydrogens (tertiary/aromatic N) is 1. The number of hydrogen-bond donors (Lipinski definition) is 1. The van der Waals surface area contributed by atoms with E-state index in [1.165, 1.54) is 23.0 Å². The molecule has 6 heteroatoms. The van der Waals surface area contributed by atoms with Crippen molar-refractivity contribution in [1.29, 1.82) is 0 Å². The molecule has 0 saturated heterocycles. The van der Waals surface area contributed by atoms with Crippen molar-refractivity contribution in [3.05, 3.63) is 76.3 Å². The summed E-state index contributed by atoms with van der Waals surface area (Å²) in [4.78, 5) is 16.8. The van der Waals surface area contributed by atoms with Gasteiger partial charge >= 0.3 is 0 Å². The van der Waals surface area contributed by atoms with E-state index in [4.69, 9.17) is 0 Å². The van der Waals surface area contributed by atoms with Crippen LogP contribution < -0.4 is 5.32 Å². The minimum absolute atomic E-state index is 0.136. The summed E-state index contributed by atoms with van der Waals surface area (Å²) in [5, 5.41) is 5.53. The van der Waals surface area contributed by atoms with Crippen LogP contribution in [0.2, 0.25) is 0 Å². The molecule has 1 N–H and O–H groups in total. The van der Waals surface area contributed by atoms with Gasteiger partial charge in [-0.2, -0.15) is 0 Å². The van der Waals surface area contributed by atoms with Gasteiger partial charge in [-0.3, -0.25) is 4.79 Å². The van der Waals surface area contributed by atoms with Crippen molar-refractivity contribution in [2.24, 2.45) is 0 Å². The molecular weight excluding hydrogens is 366 g/mol. The number of rotatable bonds is 6. The van der Waals surface area contributed by atoms with Crippen LogP contribution in [0.4, 0.5) is 8.78 Å². The molecule has 3 aromatic rings. The Morgan fingerprint density at radius 2 is 1.89 bits per heavy atom. The molecule has 1 atom stereocenters. The smallest absolute Gasteiger partial charge is 0.226 e. The molecule has 1 amide bonds. The van der Waals surface area contributed by atoms with Crippen molar-refractivity contribution < 1.29 is 13.6 Å². The number of aromatic nitrogens is 1. The van der Waals surface area contributed by atoms with Crippen molar-refractivity contribution >= 4 is 17.2 Å². The third-order valence-electron chi connectivity index (χ3n) is 4.32. The maximum Gasteiger partial charge on any atom is 0.226 e. The van der Waals surface area contributed by atoms with E-state index in [0.717, 1.165) is 29.1 Å². The fourth-order valence-electron chi connectivity index (χ4n) is 2.73. The molecule has 0 radical (unpaired) electrons. The third kappa shape index (κ3) is 4.77. The van der Waals surface area contributed by atoms with Gasteiger partial charge in [0.25, 0.3) is 0 Å². The molecule has 1 aromatic heterocycles. The lowest BCUT2D eigenvalue weighted by atomic mass is 10.1. The minimum atomic E-state index is -0.924. The van der Waals surface area contributed by atoms with Crippen LogP contribution in [0.5, 0.6) is 0 Å². The highest BCUT2D eigenvalue weighted by Gasteiger charge is 2.14. The fourth-order valence-corrected chi connectivity index (χ4v) is 3.55. The molecule has 0 spiro atoms. The summed E-state index contributed by atoms with van der Waals surface area (Å²) in [6, 6.07) is 11.4. The van der Waals surface area contributed by atoms with Crippen LogP contribution in [0.1, 0.15) is 36.7 Å². The van der Waals surface area contributed by atoms with Gasteiger partial charge in [-0.25, -0.2) is 13.8 Å². The summed E-state index contributed by atoms with van der Waals surface area (Å²) in [6.45, 7) is 3.84. The van der Waals surface area contributed by atoms with E-state index in [1.807, 2.05) is 17.5 Å². The van der Waals surface area contributed by atoms with Crippen LogP contribution in [0.3, 0.4) is 0 Å². The van der Waals surface area contributed by atoms with E-state index in [2.05, 4.69) is 29.4 Å². The van der Waals surface area contributed by atoms with Crippen molar-refractivity contribution in [3.8, 4) is 10.6 Å². The van der Waals surface area contributed by atoms with Gasteiger partial charge in [0.15, 0.2) is 11.6 Å². The zero-order chi connectivity index (χ0) is 19.4. The van der Waals surface area contributed by atoms with Crippen LogP contribution in [-0.2, 0) is 17.6 Å². The lowest BCUT2D eigenvalue weighted by Gasteiger charge is -2.14. The van der Waals surface area contributed by atoms with Gasteiger partial charge in [0, 0.05) is 10.9 Å². The molecule has 1 heterocycles. The number of amides is 1. The number of nitrogens with one attached hydrogen (secondary N) is 1. The first kappa shape index (κ1) is 19.2. The lowest BCUT2D eigenvalue weighted by Crippen LogP contribution is -2.28. The normalized spacial score (nSPS) is 12.0. The van der Waals surface area contributed by atoms with Crippen molar-refractivity contribution in [3.63, 3.8) is 0 Å². The van der Waals surface area contributed by atoms with Gasteiger partial charge < -0.3 is 5.32 Å². The number of carbonyl (C=O) groups excluding carboxylic acids is 1. The molecule has 27 heavy (non-hydrogen) atoms. The van der Waals surface area contributed by atoms with Crippen molar-refractivity contribution in [1.82, 2.24) is 10.3 Å². The Hall–Kier alpha value is -2.60. The Morgan fingerprint density at radius 3 is 2.56 bits per heavy atom. The summed E-state index contributed by atoms with van der Waals surface area (Å²) < 4.78 is 26.4. The molecule has 140 valence electrons. The van der Waals surface area contributed by atoms with Crippen molar-refractivity contribution in [2.75, 3.05) is 0 Å². The monoisotopic (exact) mass is 386 g/mol. The van der Waals surface area contributed by atoms with Crippen molar-refractivity contribution in [2.45, 2.75) is 32.7 Å². The second-order valence-electron chi connectivity index (χ2n) is 6.33. The van der Waals surface area contributed by atoms with Gasteiger partial charge in [-0.15, -0.1) is 11.3 Å². The Morgan fingerprint density at radius 1 is 1.15 bits per heavy atom. The Bertz CT molecular complexity index is 938. The SMILES string of the molecule is CCc1ccc(-c2nc(CC(=O)NC(C)c3ccc(F)c(F)c3)cs2)cc1. The molecule has 0 bridgehead atoms. The van der Waals surface area contributed by atoms with Crippen LogP contribution >= 0.6 is 11.3 Å². The number of halogens is 2. The number of carbonyl (C=O) groups is 1. The predicted octanol–water partition coefficient (Wildman–Crippen LogP) is 5.07. The van der Waals surface area contributed by atoms with Gasteiger partial charge in [0.2, 0.25) is 5.91 Å². The van der Waals surface area contributed by atoms with E-state index in [9.17, 15) is 13.6 Å². The summed E-state index contributed by atoms with van der Waals surface area (Å²) in [5.41, 5.74) is 3.49. The molecule has 0 aliphatic rings. The largest absolute Gasteiger partial charge is 0.349 e. The summed E-state index contributed by atoms with van der Waals surface area (Å²) in [5.74, 6) is -2.04. The molecule has 3 rings (SSSR count). The quantitative estimate of drug-likeness (QED) is 0.643. The van der Waals surface area contributed by atoms with Crippen LogP contribution in [0, 0.1) is 11.6 Å². The zero-order valence-electron chi connectivity index (χ0n) is 15.1. The van der Waals surface area contributed by atoms with Gasteiger partial charge in [-0.05, 0) is 36.6 Å². The topological polar surface area (TPSA) is 42.0 Å². The number of thiazole rings is 1. The Labute approximate surface area is 161 Å². The van der Waals surface area contributed by atoms with E-state index in [0.29, 0.717) is 11.3 Å². The second kappa shape index (κ2) is 8.39. The Kier molecular flexibility index (Phi) is 5.96. The minimum Gasteiger partial charge on any atom is -0.349 e. The lowest BCUT2D eigenvalue weighted by molar-refractivity contribution is -0.121. The third-order valence-corrected chi connectivity index (χ3v) is 5.26. The predicted molar refractivity (Wildman–Crippen MR) is 104 cm³/mol. The van der Waals surface area contributed by atoms with Gasteiger partial charge in [-0.1, -0.05) is 37.3 Å². The average Bonchev–Trinajstić information content (AvgIpc) is 3.12. The number of aryl methyl sites for hydroxylation is 1. The molecule has 2 aromatic carbocycles. The molecule has 0 aliphatic heterocycles. The van der Waals surface area contributed by atoms with E-state index < -0.39 is 17.7 Å². The van der Waals surface area contributed by atoms with E-state index in [-0.39, 0.29) is 12.3 Å². The second-order valence-corrected chi connectivity index (χ2v) is 7.19. The molecule has 1 unspecified atom stereocenters. The maximum atomic E-state index is 13.3. The molecule has 3 nitrogen and oxygen atoms in total.